The molecule has 0 radical (unpaired) electrons. The van der Waals surface area contributed by atoms with Crippen LogP contribution in [-0.2, 0) is 16.8 Å². The van der Waals surface area contributed by atoms with Gasteiger partial charge in [0.05, 0.1) is 5.69 Å². The number of thiazole rings is 1. The Bertz CT molecular complexity index is 395. The van der Waals surface area contributed by atoms with Gasteiger partial charge in [-0.15, -0.1) is 11.3 Å². The summed E-state index contributed by atoms with van der Waals surface area (Å²) in [6.07, 6.45) is 8.34. The topological polar surface area (TPSA) is 48.1 Å². The van der Waals surface area contributed by atoms with E-state index >= 15 is 0 Å². The highest BCUT2D eigenvalue weighted by Gasteiger charge is 2.36. The Kier molecular flexibility index (Phi) is 5.37. The number of ether oxygens (including phenoxy) is 1. The van der Waals surface area contributed by atoms with Crippen LogP contribution in [0, 0.1) is 6.92 Å². The molecular formula is C15H26N2OS. The molecule has 1 saturated carbocycles. The van der Waals surface area contributed by atoms with Crippen LogP contribution in [0.4, 0.5) is 0 Å². The zero-order chi connectivity index (χ0) is 13.7. The highest BCUT2D eigenvalue weighted by molar-refractivity contribution is 7.11. The van der Waals surface area contributed by atoms with Gasteiger partial charge in [-0.05, 0) is 39.7 Å². The summed E-state index contributed by atoms with van der Waals surface area (Å²) in [4.78, 5) is 6.16. The van der Waals surface area contributed by atoms with Crippen molar-refractivity contribution in [2.75, 3.05) is 13.2 Å². The van der Waals surface area contributed by atoms with Crippen LogP contribution in [0.1, 0.15) is 61.0 Å². The fourth-order valence-corrected chi connectivity index (χ4v) is 4.26. The molecule has 1 aromatic heterocycles. The second-order valence-electron chi connectivity index (χ2n) is 5.41. The highest BCUT2D eigenvalue weighted by atomic mass is 32.1. The van der Waals surface area contributed by atoms with E-state index in [1.165, 1.54) is 35.6 Å². The Balaban J connectivity index is 2.29. The van der Waals surface area contributed by atoms with Gasteiger partial charge in [-0.1, -0.05) is 25.7 Å². The molecule has 0 spiro atoms. The van der Waals surface area contributed by atoms with E-state index in [0.717, 1.165) is 31.6 Å². The van der Waals surface area contributed by atoms with Crippen LogP contribution in [0.3, 0.4) is 0 Å². The molecule has 1 aliphatic carbocycles. The SMILES string of the molecule is CCOC1(c2nc(C)c(CCN)s2)CCCCCC1. The molecule has 0 unspecified atom stereocenters. The van der Waals surface area contributed by atoms with Crippen molar-refractivity contribution < 1.29 is 4.74 Å². The van der Waals surface area contributed by atoms with E-state index in [1.54, 1.807) is 0 Å². The molecule has 2 rings (SSSR count). The van der Waals surface area contributed by atoms with E-state index in [0.29, 0.717) is 6.54 Å². The molecular weight excluding hydrogens is 256 g/mol. The summed E-state index contributed by atoms with van der Waals surface area (Å²) in [5, 5.41) is 1.19. The quantitative estimate of drug-likeness (QED) is 0.840. The van der Waals surface area contributed by atoms with Gasteiger partial charge in [-0.2, -0.15) is 0 Å². The van der Waals surface area contributed by atoms with Gasteiger partial charge in [0.25, 0.3) is 0 Å². The average Bonchev–Trinajstić information content (AvgIpc) is 2.63. The predicted octanol–water partition coefficient (Wildman–Crippen LogP) is 3.54. The molecule has 0 aromatic carbocycles. The minimum absolute atomic E-state index is 0.118. The third-order valence-corrected chi connectivity index (χ3v) is 5.39. The first-order valence-corrected chi connectivity index (χ1v) is 8.34. The molecule has 108 valence electrons. The first-order valence-electron chi connectivity index (χ1n) is 7.52. The minimum Gasteiger partial charge on any atom is -0.368 e. The second-order valence-corrected chi connectivity index (χ2v) is 6.49. The summed E-state index contributed by atoms with van der Waals surface area (Å²) in [6, 6.07) is 0. The number of rotatable bonds is 5. The average molecular weight is 282 g/mol. The maximum absolute atomic E-state index is 6.20. The van der Waals surface area contributed by atoms with E-state index < -0.39 is 0 Å². The van der Waals surface area contributed by atoms with Gasteiger partial charge >= 0.3 is 0 Å². The Morgan fingerprint density at radius 2 is 1.95 bits per heavy atom. The van der Waals surface area contributed by atoms with Crippen LogP contribution >= 0.6 is 11.3 Å². The monoisotopic (exact) mass is 282 g/mol. The van der Waals surface area contributed by atoms with Crippen LogP contribution in [0.5, 0.6) is 0 Å². The van der Waals surface area contributed by atoms with E-state index in [2.05, 4.69) is 13.8 Å². The fourth-order valence-electron chi connectivity index (χ4n) is 2.98. The molecule has 4 heteroatoms. The van der Waals surface area contributed by atoms with Gasteiger partial charge in [0.15, 0.2) is 0 Å². The van der Waals surface area contributed by atoms with Gasteiger partial charge in [0, 0.05) is 11.5 Å². The van der Waals surface area contributed by atoms with Crippen molar-refractivity contribution >= 4 is 11.3 Å². The summed E-state index contributed by atoms with van der Waals surface area (Å²) in [7, 11) is 0. The molecule has 1 aromatic rings. The summed E-state index contributed by atoms with van der Waals surface area (Å²) >= 11 is 1.82. The summed E-state index contributed by atoms with van der Waals surface area (Å²) < 4.78 is 6.20. The lowest BCUT2D eigenvalue weighted by molar-refractivity contribution is -0.0560. The second kappa shape index (κ2) is 6.82. The number of nitrogens with zero attached hydrogens (tertiary/aromatic N) is 1. The largest absolute Gasteiger partial charge is 0.368 e. The van der Waals surface area contributed by atoms with Crippen molar-refractivity contribution in [3.05, 3.63) is 15.6 Å². The first-order chi connectivity index (χ1) is 9.22. The molecule has 19 heavy (non-hydrogen) atoms. The van der Waals surface area contributed by atoms with Gasteiger partial charge in [0.2, 0.25) is 0 Å². The van der Waals surface area contributed by atoms with Crippen LogP contribution < -0.4 is 5.73 Å². The molecule has 0 atom stereocenters. The highest BCUT2D eigenvalue weighted by Crippen LogP contribution is 2.41. The zero-order valence-electron chi connectivity index (χ0n) is 12.2. The Morgan fingerprint density at radius 3 is 2.53 bits per heavy atom. The maximum Gasteiger partial charge on any atom is 0.125 e. The van der Waals surface area contributed by atoms with Crippen molar-refractivity contribution in [2.45, 2.75) is 64.4 Å². The van der Waals surface area contributed by atoms with E-state index in [9.17, 15) is 0 Å². The van der Waals surface area contributed by atoms with Crippen LogP contribution in [0.25, 0.3) is 0 Å². The zero-order valence-corrected chi connectivity index (χ0v) is 13.0. The first kappa shape index (κ1) is 14.9. The molecule has 1 aliphatic rings. The van der Waals surface area contributed by atoms with E-state index in [4.69, 9.17) is 15.5 Å². The smallest absolute Gasteiger partial charge is 0.125 e. The Hall–Kier alpha value is -0.450. The predicted molar refractivity (Wildman–Crippen MR) is 80.6 cm³/mol. The van der Waals surface area contributed by atoms with Crippen LogP contribution in [-0.4, -0.2) is 18.1 Å². The van der Waals surface area contributed by atoms with Gasteiger partial charge in [0.1, 0.15) is 10.6 Å². The molecule has 0 aliphatic heterocycles. The summed E-state index contributed by atoms with van der Waals surface area (Å²) in [5.74, 6) is 0. The molecule has 1 fully saturated rings. The van der Waals surface area contributed by atoms with E-state index in [1.807, 2.05) is 11.3 Å². The molecule has 0 amide bonds. The number of aryl methyl sites for hydroxylation is 1. The Labute approximate surface area is 120 Å². The number of aromatic nitrogens is 1. The molecule has 0 saturated heterocycles. The van der Waals surface area contributed by atoms with Gasteiger partial charge < -0.3 is 10.5 Å². The van der Waals surface area contributed by atoms with Crippen molar-refractivity contribution in [1.82, 2.24) is 4.98 Å². The van der Waals surface area contributed by atoms with Crippen molar-refractivity contribution in [3.63, 3.8) is 0 Å². The van der Waals surface area contributed by atoms with Crippen LogP contribution in [0.15, 0.2) is 0 Å². The third-order valence-electron chi connectivity index (χ3n) is 3.99. The number of hydrogen-bond acceptors (Lipinski definition) is 4. The van der Waals surface area contributed by atoms with E-state index in [-0.39, 0.29) is 5.60 Å². The summed E-state index contributed by atoms with van der Waals surface area (Å²) in [6.45, 7) is 5.66. The van der Waals surface area contributed by atoms with Crippen molar-refractivity contribution in [2.24, 2.45) is 5.73 Å². The fraction of sp³-hybridized carbons (Fsp3) is 0.800. The lowest BCUT2D eigenvalue weighted by Crippen LogP contribution is -2.29. The number of hydrogen-bond donors (Lipinski definition) is 1. The standard InChI is InChI=1S/C15H26N2OS/c1-3-18-15(9-6-4-5-7-10-15)14-17-12(2)13(19-14)8-11-16/h3-11,16H2,1-2H3. The molecule has 0 bridgehead atoms. The van der Waals surface area contributed by atoms with Gasteiger partial charge in [-0.3, -0.25) is 0 Å². The lowest BCUT2D eigenvalue weighted by Gasteiger charge is -2.30. The maximum atomic E-state index is 6.20. The summed E-state index contributed by atoms with van der Waals surface area (Å²) in [5.41, 5.74) is 6.71. The third kappa shape index (κ3) is 3.36. The normalized spacial score (nSPS) is 19.3. The molecule has 3 nitrogen and oxygen atoms in total. The van der Waals surface area contributed by atoms with Gasteiger partial charge in [-0.25, -0.2) is 4.98 Å². The lowest BCUT2D eigenvalue weighted by atomic mass is 9.95. The minimum atomic E-state index is -0.118. The van der Waals surface area contributed by atoms with Crippen LogP contribution in [0.2, 0.25) is 0 Å². The van der Waals surface area contributed by atoms with Crippen molar-refractivity contribution in [1.29, 1.82) is 0 Å². The number of nitrogens with two attached hydrogens (primary N) is 1. The molecule has 1 heterocycles. The van der Waals surface area contributed by atoms with Crippen molar-refractivity contribution in [3.8, 4) is 0 Å². The molecule has 2 N–H and O–H groups in total. The Morgan fingerprint density at radius 1 is 1.26 bits per heavy atom.